The maximum Gasteiger partial charge on any atom is 0.365 e. The highest BCUT2D eigenvalue weighted by molar-refractivity contribution is 5.45. The molecular formula is C14H16N6O2. The van der Waals surface area contributed by atoms with Crippen LogP contribution in [0.1, 0.15) is 18.1 Å². The molecule has 0 saturated heterocycles. The number of rotatable bonds is 5. The molecule has 0 aliphatic carbocycles. The quantitative estimate of drug-likeness (QED) is 0.753. The lowest BCUT2D eigenvalue weighted by Crippen LogP contribution is -2.19. The Kier molecular flexibility index (Phi) is 3.73. The van der Waals surface area contributed by atoms with Crippen molar-refractivity contribution >= 4 is 0 Å². The predicted octanol–water partition coefficient (Wildman–Crippen LogP) is 0.830. The average Bonchev–Trinajstić information content (AvgIpc) is 3.13. The molecule has 0 amide bonds. The molecule has 8 nitrogen and oxygen atoms in total. The van der Waals surface area contributed by atoms with Gasteiger partial charge in [-0.2, -0.15) is 4.68 Å². The Morgan fingerprint density at radius 2 is 2.18 bits per heavy atom. The van der Waals surface area contributed by atoms with Crippen molar-refractivity contribution in [2.75, 3.05) is 0 Å². The first-order valence-electron chi connectivity index (χ1n) is 6.93. The Morgan fingerprint density at radius 1 is 1.32 bits per heavy atom. The van der Waals surface area contributed by atoms with Gasteiger partial charge in [-0.3, -0.25) is 4.68 Å². The molecule has 114 valence electrons. The average molecular weight is 300 g/mol. The van der Waals surface area contributed by atoms with Crippen molar-refractivity contribution in [3.8, 4) is 11.6 Å². The molecule has 2 aromatic heterocycles. The number of aromatic amines is 1. The summed E-state index contributed by atoms with van der Waals surface area (Å²) < 4.78 is 8.63. The van der Waals surface area contributed by atoms with Gasteiger partial charge in [0, 0.05) is 24.9 Å². The van der Waals surface area contributed by atoms with Crippen LogP contribution in [0.4, 0.5) is 0 Å². The van der Waals surface area contributed by atoms with E-state index in [1.54, 1.807) is 10.7 Å². The van der Waals surface area contributed by atoms with Gasteiger partial charge in [0.15, 0.2) is 0 Å². The molecule has 22 heavy (non-hydrogen) atoms. The molecule has 0 bridgehead atoms. The fourth-order valence-corrected chi connectivity index (χ4v) is 2.29. The minimum atomic E-state index is -0.382. The van der Waals surface area contributed by atoms with Gasteiger partial charge in [-0.15, -0.1) is 5.10 Å². The fourth-order valence-electron chi connectivity index (χ4n) is 2.29. The van der Waals surface area contributed by atoms with E-state index in [-0.39, 0.29) is 5.69 Å². The molecule has 0 aliphatic heterocycles. The Morgan fingerprint density at radius 3 is 2.82 bits per heavy atom. The van der Waals surface area contributed by atoms with E-state index < -0.39 is 0 Å². The molecule has 0 fully saturated rings. The summed E-state index contributed by atoms with van der Waals surface area (Å²) in [6.45, 7) is 2.35. The fraction of sp³-hybridized carbons (Fsp3) is 0.286. The second-order valence-electron chi connectivity index (χ2n) is 4.80. The first kappa shape index (κ1) is 14.1. The minimum Gasteiger partial charge on any atom is -0.472 e. The topological polar surface area (TPSA) is 90.6 Å². The third-order valence-corrected chi connectivity index (χ3v) is 3.38. The number of aryl methyl sites for hydroxylation is 2. The predicted molar refractivity (Wildman–Crippen MR) is 78.9 cm³/mol. The van der Waals surface area contributed by atoms with E-state index in [2.05, 4.69) is 27.5 Å². The van der Waals surface area contributed by atoms with Crippen molar-refractivity contribution in [3.05, 3.63) is 52.1 Å². The van der Waals surface area contributed by atoms with Crippen molar-refractivity contribution in [2.24, 2.45) is 7.05 Å². The van der Waals surface area contributed by atoms with Crippen LogP contribution in [-0.2, 0) is 20.1 Å². The van der Waals surface area contributed by atoms with Crippen LogP contribution in [-0.4, -0.2) is 30.0 Å². The van der Waals surface area contributed by atoms with Crippen molar-refractivity contribution in [2.45, 2.75) is 20.0 Å². The molecule has 1 aromatic carbocycles. The van der Waals surface area contributed by atoms with E-state index in [1.165, 1.54) is 4.68 Å². The van der Waals surface area contributed by atoms with E-state index in [0.29, 0.717) is 18.2 Å². The molecular weight excluding hydrogens is 284 g/mol. The highest BCUT2D eigenvalue weighted by Crippen LogP contribution is 2.20. The number of H-pyrrole nitrogens is 1. The largest absolute Gasteiger partial charge is 0.472 e. The van der Waals surface area contributed by atoms with Crippen LogP contribution in [0.3, 0.4) is 0 Å². The lowest BCUT2D eigenvalue weighted by Gasteiger charge is -2.13. The molecule has 0 aliphatic rings. The van der Waals surface area contributed by atoms with E-state index in [0.717, 1.165) is 17.5 Å². The molecule has 2 heterocycles. The van der Waals surface area contributed by atoms with Gasteiger partial charge in [-0.25, -0.2) is 9.89 Å². The molecule has 3 aromatic rings. The summed E-state index contributed by atoms with van der Waals surface area (Å²) in [6, 6.07) is 7.50. The Balaban J connectivity index is 1.97. The second kappa shape index (κ2) is 5.84. The number of tetrazole rings is 1. The number of nitrogens with zero attached hydrogens (tertiary/aromatic N) is 5. The van der Waals surface area contributed by atoms with Crippen LogP contribution in [0.25, 0.3) is 5.69 Å². The molecule has 0 spiro atoms. The van der Waals surface area contributed by atoms with Gasteiger partial charge < -0.3 is 4.74 Å². The highest BCUT2D eigenvalue weighted by Gasteiger charge is 2.13. The Bertz CT molecular complexity index is 832. The number of hydrogen-bond acceptors (Lipinski definition) is 5. The van der Waals surface area contributed by atoms with Crippen molar-refractivity contribution in [1.82, 2.24) is 30.0 Å². The zero-order valence-corrected chi connectivity index (χ0v) is 12.4. The van der Waals surface area contributed by atoms with E-state index in [4.69, 9.17) is 4.74 Å². The van der Waals surface area contributed by atoms with Crippen LogP contribution in [0.15, 0.2) is 35.3 Å². The third-order valence-electron chi connectivity index (χ3n) is 3.38. The lowest BCUT2D eigenvalue weighted by atomic mass is 10.0. The van der Waals surface area contributed by atoms with Gasteiger partial charge in [0.05, 0.1) is 5.69 Å². The SMILES string of the molecule is CCc1cccc(-n2nn[nH]c2=O)c1COc1ccn(C)n1. The monoisotopic (exact) mass is 300 g/mol. The van der Waals surface area contributed by atoms with Gasteiger partial charge in [0.1, 0.15) is 6.61 Å². The zero-order chi connectivity index (χ0) is 15.5. The van der Waals surface area contributed by atoms with E-state index >= 15 is 0 Å². The first-order valence-corrected chi connectivity index (χ1v) is 6.93. The maximum absolute atomic E-state index is 11.8. The number of aromatic nitrogens is 6. The summed E-state index contributed by atoms with van der Waals surface area (Å²) in [5.74, 6) is 0.534. The van der Waals surface area contributed by atoms with E-state index in [9.17, 15) is 4.79 Å². The first-order chi connectivity index (χ1) is 10.7. The van der Waals surface area contributed by atoms with Gasteiger partial charge in [0.2, 0.25) is 5.88 Å². The normalized spacial score (nSPS) is 10.8. The van der Waals surface area contributed by atoms with Crippen LogP contribution < -0.4 is 10.4 Å². The number of nitrogens with one attached hydrogen (secondary N) is 1. The van der Waals surface area contributed by atoms with Crippen molar-refractivity contribution in [1.29, 1.82) is 0 Å². The molecule has 0 atom stereocenters. The van der Waals surface area contributed by atoms with Gasteiger partial charge in [0.25, 0.3) is 0 Å². The highest BCUT2D eigenvalue weighted by atomic mass is 16.5. The summed E-state index contributed by atoms with van der Waals surface area (Å²) in [7, 11) is 1.83. The summed E-state index contributed by atoms with van der Waals surface area (Å²) in [5, 5.41) is 13.8. The van der Waals surface area contributed by atoms with Gasteiger partial charge >= 0.3 is 5.69 Å². The van der Waals surface area contributed by atoms with Gasteiger partial charge in [-0.05, 0) is 28.5 Å². The molecule has 8 heteroatoms. The molecule has 0 unspecified atom stereocenters. The van der Waals surface area contributed by atoms with Crippen LogP contribution >= 0.6 is 0 Å². The molecule has 0 radical (unpaired) electrons. The Labute approximate surface area is 126 Å². The number of benzene rings is 1. The minimum absolute atomic E-state index is 0.301. The summed E-state index contributed by atoms with van der Waals surface area (Å²) in [4.78, 5) is 11.8. The summed E-state index contributed by atoms with van der Waals surface area (Å²) >= 11 is 0. The zero-order valence-electron chi connectivity index (χ0n) is 12.4. The summed E-state index contributed by atoms with van der Waals surface area (Å²) in [6.07, 6.45) is 2.63. The van der Waals surface area contributed by atoms with Crippen LogP contribution in [0, 0.1) is 0 Å². The lowest BCUT2D eigenvalue weighted by molar-refractivity contribution is 0.289. The standard InChI is InChI=1S/C14H16N6O2/c1-3-10-5-4-6-12(20-14(21)15-17-18-20)11(10)9-22-13-7-8-19(2)16-13/h4-8H,3,9H2,1-2H3,(H,15,18,21). The smallest absolute Gasteiger partial charge is 0.365 e. The second-order valence-corrected chi connectivity index (χ2v) is 4.80. The Hall–Kier alpha value is -2.90. The number of ether oxygens (including phenoxy) is 1. The van der Waals surface area contributed by atoms with E-state index in [1.807, 2.05) is 31.4 Å². The molecule has 0 saturated carbocycles. The van der Waals surface area contributed by atoms with Crippen molar-refractivity contribution < 1.29 is 4.74 Å². The third kappa shape index (κ3) is 2.62. The van der Waals surface area contributed by atoms with Crippen LogP contribution in [0.2, 0.25) is 0 Å². The summed E-state index contributed by atoms with van der Waals surface area (Å²) in [5.41, 5.74) is 2.26. The number of hydrogen-bond donors (Lipinski definition) is 1. The molecule has 1 N–H and O–H groups in total. The maximum atomic E-state index is 11.8. The molecule has 3 rings (SSSR count). The van der Waals surface area contributed by atoms with Crippen molar-refractivity contribution in [3.63, 3.8) is 0 Å². The van der Waals surface area contributed by atoms with Gasteiger partial charge in [-0.1, -0.05) is 19.1 Å². The van der Waals surface area contributed by atoms with Crippen LogP contribution in [0.5, 0.6) is 5.88 Å².